The highest BCUT2D eigenvalue weighted by Gasteiger charge is 2.27. The number of amides is 1. The minimum atomic E-state index is -0.818. The van der Waals surface area contributed by atoms with Crippen molar-refractivity contribution in [3.63, 3.8) is 0 Å². The van der Waals surface area contributed by atoms with E-state index in [1.807, 2.05) is 18.2 Å². The lowest BCUT2D eigenvalue weighted by Crippen LogP contribution is -2.30. The van der Waals surface area contributed by atoms with Gasteiger partial charge in [-0.3, -0.25) is 9.59 Å². The molecule has 5 nitrogen and oxygen atoms in total. The third kappa shape index (κ3) is 4.91. The first-order valence-electron chi connectivity index (χ1n) is 7.47. The Balaban J connectivity index is 1.74. The highest BCUT2D eigenvalue weighted by molar-refractivity contribution is 6.32. The number of halogens is 1. The summed E-state index contributed by atoms with van der Waals surface area (Å²) in [6, 6.07) is 7.30. The van der Waals surface area contributed by atoms with Crippen LogP contribution in [-0.2, 0) is 9.59 Å². The number of ether oxygens (including phenoxy) is 1. The fourth-order valence-electron chi connectivity index (χ4n) is 2.48. The highest BCUT2D eigenvalue weighted by Crippen LogP contribution is 2.26. The van der Waals surface area contributed by atoms with Gasteiger partial charge in [-0.2, -0.15) is 0 Å². The molecule has 2 rings (SSSR count). The van der Waals surface area contributed by atoms with Crippen LogP contribution in [0.4, 0.5) is 0 Å². The zero-order valence-corrected chi connectivity index (χ0v) is 13.1. The first-order valence-corrected chi connectivity index (χ1v) is 7.85. The summed E-state index contributed by atoms with van der Waals surface area (Å²) in [5.74, 6) is -0.109. The van der Waals surface area contributed by atoms with E-state index in [9.17, 15) is 9.59 Å². The number of carbonyl (C=O) groups is 2. The van der Waals surface area contributed by atoms with Crippen LogP contribution in [0.3, 0.4) is 0 Å². The van der Waals surface area contributed by atoms with Gasteiger partial charge in [0, 0.05) is 25.8 Å². The normalized spacial score (nSPS) is 17.5. The molecule has 6 heteroatoms. The van der Waals surface area contributed by atoms with Crippen molar-refractivity contribution in [2.45, 2.75) is 38.2 Å². The summed E-state index contributed by atoms with van der Waals surface area (Å²) in [6.07, 6.45) is 2.40. The first-order chi connectivity index (χ1) is 10.6. The number of carboxylic acids is 1. The van der Waals surface area contributed by atoms with Crippen LogP contribution in [-0.4, -0.2) is 41.1 Å². The van der Waals surface area contributed by atoms with Crippen molar-refractivity contribution in [2.75, 3.05) is 13.1 Å². The maximum Gasteiger partial charge on any atom is 0.303 e. The molecule has 22 heavy (non-hydrogen) atoms. The Morgan fingerprint density at radius 1 is 1.27 bits per heavy atom. The molecule has 1 fully saturated rings. The van der Waals surface area contributed by atoms with Crippen molar-refractivity contribution < 1.29 is 19.4 Å². The average Bonchev–Trinajstić information content (AvgIpc) is 2.94. The molecule has 0 bridgehead atoms. The molecule has 0 saturated carbocycles. The average molecular weight is 326 g/mol. The third-order valence-corrected chi connectivity index (χ3v) is 3.97. The van der Waals surface area contributed by atoms with Crippen LogP contribution in [0.1, 0.15) is 32.1 Å². The standard InChI is InChI=1S/C16H20ClNO4/c17-13-5-1-2-6-14(13)22-12-9-10-18(11-12)15(19)7-3-4-8-16(20)21/h1-2,5-6,12H,3-4,7-11H2,(H,20,21). The van der Waals surface area contributed by atoms with Crippen molar-refractivity contribution in [2.24, 2.45) is 0 Å². The quantitative estimate of drug-likeness (QED) is 0.783. The van der Waals surface area contributed by atoms with E-state index >= 15 is 0 Å². The molecule has 0 aliphatic carbocycles. The lowest BCUT2D eigenvalue weighted by atomic mass is 10.2. The predicted molar refractivity (Wildman–Crippen MR) is 83.2 cm³/mol. The summed E-state index contributed by atoms with van der Waals surface area (Å²) >= 11 is 6.06. The predicted octanol–water partition coefficient (Wildman–Crippen LogP) is 2.96. The molecular formula is C16H20ClNO4. The Morgan fingerprint density at radius 2 is 2.00 bits per heavy atom. The maximum absolute atomic E-state index is 12.1. The number of nitrogens with zero attached hydrogens (tertiary/aromatic N) is 1. The third-order valence-electron chi connectivity index (χ3n) is 3.66. The van der Waals surface area contributed by atoms with Gasteiger partial charge in [0.1, 0.15) is 11.9 Å². The van der Waals surface area contributed by atoms with Crippen LogP contribution in [0.2, 0.25) is 5.02 Å². The Morgan fingerprint density at radius 3 is 2.73 bits per heavy atom. The van der Waals surface area contributed by atoms with Gasteiger partial charge in [0.15, 0.2) is 0 Å². The van der Waals surface area contributed by atoms with Gasteiger partial charge in [0.2, 0.25) is 5.91 Å². The second-order valence-corrected chi connectivity index (χ2v) is 5.81. The van der Waals surface area contributed by atoms with Crippen LogP contribution < -0.4 is 4.74 Å². The lowest BCUT2D eigenvalue weighted by Gasteiger charge is -2.17. The molecule has 1 aromatic rings. The smallest absolute Gasteiger partial charge is 0.303 e. The van der Waals surface area contributed by atoms with Crippen molar-refractivity contribution in [3.8, 4) is 5.75 Å². The minimum absolute atomic E-state index is 0.0390. The zero-order chi connectivity index (χ0) is 15.9. The molecule has 1 aliphatic rings. The number of benzene rings is 1. The Labute approximate surface area is 134 Å². The summed E-state index contributed by atoms with van der Waals surface area (Å²) < 4.78 is 5.84. The van der Waals surface area contributed by atoms with Crippen molar-refractivity contribution in [1.29, 1.82) is 0 Å². The topological polar surface area (TPSA) is 66.8 Å². The maximum atomic E-state index is 12.1. The van der Waals surface area contributed by atoms with E-state index < -0.39 is 5.97 Å². The summed E-state index contributed by atoms with van der Waals surface area (Å²) in [5, 5.41) is 9.14. The molecule has 1 saturated heterocycles. The van der Waals surface area contributed by atoms with E-state index in [0.717, 1.165) is 6.42 Å². The monoisotopic (exact) mass is 325 g/mol. The number of carboxylic acid groups (broad SMARTS) is 1. The van der Waals surface area contributed by atoms with Gasteiger partial charge in [-0.15, -0.1) is 0 Å². The van der Waals surface area contributed by atoms with Gasteiger partial charge in [-0.1, -0.05) is 23.7 Å². The number of unbranched alkanes of at least 4 members (excludes halogenated alkanes) is 1. The fraction of sp³-hybridized carbons (Fsp3) is 0.500. The molecule has 0 aromatic heterocycles. The number of para-hydroxylation sites is 1. The molecule has 120 valence electrons. The number of likely N-dealkylation sites (tertiary alicyclic amines) is 1. The Hall–Kier alpha value is -1.75. The number of rotatable bonds is 7. The van der Waals surface area contributed by atoms with E-state index in [-0.39, 0.29) is 18.4 Å². The SMILES string of the molecule is O=C(O)CCCCC(=O)N1CCC(Oc2ccccc2Cl)C1. The van der Waals surface area contributed by atoms with Crippen LogP contribution >= 0.6 is 11.6 Å². The van der Waals surface area contributed by atoms with Crippen LogP contribution in [0.5, 0.6) is 5.75 Å². The lowest BCUT2D eigenvalue weighted by molar-refractivity contribution is -0.137. The van der Waals surface area contributed by atoms with Crippen LogP contribution in [0.15, 0.2) is 24.3 Å². The van der Waals surface area contributed by atoms with Crippen molar-refractivity contribution in [3.05, 3.63) is 29.3 Å². The summed E-state index contributed by atoms with van der Waals surface area (Å²) in [6.45, 7) is 1.23. The second kappa shape index (κ2) is 8.03. The largest absolute Gasteiger partial charge is 0.487 e. The Kier molecular flexibility index (Phi) is 6.07. The number of hydrogen-bond acceptors (Lipinski definition) is 3. The molecule has 0 spiro atoms. The van der Waals surface area contributed by atoms with Crippen molar-refractivity contribution >= 4 is 23.5 Å². The number of aliphatic carboxylic acids is 1. The molecule has 1 aromatic carbocycles. The van der Waals surface area contributed by atoms with Gasteiger partial charge in [-0.05, 0) is 25.0 Å². The molecule has 1 atom stereocenters. The van der Waals surface area contributed by atoms with Gasteiger partial charge in [0.25, 0.3) is 0 Å². The molecule has 1 aliphatic heterocycles. The van der Waals surface area contributed by atoms with Crippen LogP contribution in [0, 0.1) is 0 Å². The summed E-state index contributed by atoms with van der Waals surface area (Å²) in [4.78, 5) is 24.3. The van der Waals surface area contributed by atoms with Crippen LogP contribution in [0.25, 0.3) is 0 Å². The van der Waals surface area contributed by atoms with Gasteiger partial charge < -0.3 is 14.7 Å². The number of carbonyl (C=O) groups excluding carboxylic acids is 1. The van der Waals surface area contributed by atoms with E-state index in [0.29, 0.717) is 43.1 Å². The Bertz CT molecular complexity index is 535. The van der Waals surface area contributed by atoms with Gasteiger partial charge in [-0.25, -0.2) is 0 Å². The van der Waals surface area contributed by atoms with E-state index in [2.05, 4.69) is 0 Å². The minimum Gasteiger partial charge on any atom is -0.487 e. The van der Waals surface area contributed by atoms with E-state index in [1.165, 1.54) is 0 Å². The zero-order valence-electron chi connectivity index (χ0n) is 12.3. The highest BCUT2D eigenvalue weighted by atomic mass is 35.5. The van der Waals surface area contributed by atoms with Gasteiger partial charge in [0.05, 0.1) is 11.6 Å². The molecular weight excluding hydrogens is 306 g/mol. The van der Waals surface area contributed by atoms with E-state index in [1.54, 1.807) is 11.0 Å². The first kappa shape index (κ1) is 16.6. The number of hydrogen-bond donors (Lipinski definition) is 1. The van der Waals surface area contributed by atoms with E-state index in [4.69, 9.17) is 21.4 Å². The van der Waals surface area contributed by atoms with Gasteiger partial charge >= 0.3 is 5.97 Å². The molecule has 1 N–H and O–H groups in total. The summed E-state index contributed by atoms with van der Waals surface area (Å²) in [5.41, 5.74) is 0. The molecule has 1 amide bonds. The second-order valence-electron chi connectivity index (χ2n) is 5.40. The molecule has 1 unspecified atom stereocenters. The molecule has 1 heterocycles. The fourth-order valence-corrected chi connectivity index (χ4v) is 2.66. The summed E-state index contributed by atoms with van der Waals surface area (Å²) in [7, 11) is 0. The van der Waals surface area contributed by atoms with Crippen molar-refractivity contribution in [1.82, 2.24) is 4.90 Å². The molecule has 0 radical (unpaired) electrons.